The summed E-state index contributed by atoms with van der Waals surface area (Å²) in [5, 5.41) is 7.48. The van der Waals surface area contributed by atoms with E-state index in [1.807, 2.05) is 37.4 Å². The largest absolute Gasteiger partial charge is 0.469 e. The highest BCUT2D eigenvalue weighted by molar-refractivity contribution is 5.95. The number of furan rings is 1. The predicted octanol–water partition coefficient (Wildman–Crippen LogP) is 2.46. The van der Waals surface area contributed by atoms with Crippen molar-refractivity contribution in [2.75, 3.05) is 13.1 Å². The van der Waals surface area contributed by atoms with Crippen LogP contribution in [0.5, 0.6) is 0 Å². The Morgan fingerprint density at radius 2 is 1.93 bits per heavy atom. The zero-order chi connectivity index (χ0) is 19.7. The quantitative estimate of drug-likeness (QED) is 0.894. The third-order valence-electron chi connectivity index (χ3n) is 5.61. The fraction of sp³-hybridized carbons (Fsp3) is 0.550. The third-order valence-corrected chi connectivity index (χ3v) is 5.61. The van der Waals surface area contributed by atoms with Crippen LogP contribution in [0.3, 0.4) is 0 Å². The molecule has 2 aromatic heterocycles. The fourth-order valence-corrected chi connectivity index (χ4v) is 3.94. The van der Waals surface area contributed by atoms with Gasteiger partial charge in [0.2, 0.25) is 5.91 Å². The van der Waals surface area contributed by atoms with E-state index < -0.39 is 0 Å². The Labute approximate surface area is 159 Å². The maximum Gasteiger partial charge on any atom is 0.255 e. The maximum absolute atomic E-state index is 13.0. The molecular formula is C20H28N4O3. The Morgan fingerprint density at radius 1 is 1.26 bits per heavy atom. The summed E-state index contributed by atoms with van der Waals surface area (Å²) in [5.41, 5.74) is 3.54. The Balaban J connectivity index is 1.58. The number of rotatable bonds is 4. The van der Waals surface area contributed by atoms with Crippen LogP contribution in [-0.4, -0.2) is 45.6 Å². The number of carbonyl (C=O) groups is 2. The summed E-state index contributed by atoms with van der Waals surface area (Å²) in [6.45, 7) is 8.98. The second-order valence-electron chi connectivity index (χ2n) is 7.39. The Morgan fingerprint density at radius 3 is 2.44 bits per heavy atom. The monoisotopic (exact) mass is 372 g/mol. The number of piperidine rings is 1. The summed E-state index contributed by atoms with van der Waals surface area (Å²) in [4.78, 5) is 27.2. The summed E-state index contributed by atoms with van der Waals surface area (Å²) in [6, 6.07) is 1.76. The van der Waals surface area contributed by atoms with Gasteiger partial charge in [0.15, 0.2) is 0 Å². The molecule has 0 spiro atoms. The van der Waals surface area contributed by atoms with Crippen molar-refractivity contribution < 1.29 is 14.0 Å². The number of nitrogens with zero attached hydrogens (tertiary/aromatic N) is 3. The second kappa shape index (κ2) is 7.58. The van der Waals surface area contributed by atoms with E-state index >= 15 is 0 Å². The van der Waals surface area contributed by atoms with Crippen molar-refractivity contribution >= 4 is 11.8 Å². The van der Waals surface area contributed by atoms with Gasteiger partial charge in [-0.1, -0.05) is 0 Å². The molecule has 27 heavy (non-hydrogen) atoms. The van der Waals surface area contributed by atoms with Crippen molar-refractivity contribution in [1.29, 1.82) is 0 Å². The minimum absolute atomic E-state index is 0.0769. The number of likely N-dealkylation sites (tertiary alicyclic amines) is 1. The highest BCUT2D eigenvalue weighted by Gasteiger charge is 2.30. The normalized spacial score (nSPS) is 16.4. The number of nitrogens with one attached hydrogen (secondary N) is 1. The number of aryl methyl sites for hydroxylation is 3. The highest BCUT2D eigenvalue weighted by Crippen LogP contribution is 2.26. The second-order valence-corrected chi connectivity index (χ2v) is 7.39. The number of carbonyl (C=O) groups excluding carboxylic acids is 2. The molecule has 1 atom stereocenters. The predicted molar refractivity (Wildman–Crippen MR) is 102 cm³/mol. The van der Waals surface area contributed by atoms with Gasteiger partial charge in [0.1, 0.15) is 5.76 Å². The van der Waals surface area contributed by atoms with Crippen molar-refractivity contribution in [1.82, 2.24) is 20.0 Å². The number of hydrogen-bond acceptors (Lipinski definition) is 4. The van der Waals surface area contributed by atoms with Gasteiger partial charge in [-0.15, -0.1) is 0 Å². The number of amides is 2. The van der Waals surface area contributed by atoms with Gasteiger partial charge in [-0.3, -0.25) is 14.3 Å². The fourth-order valence-electron chi connectivity index (χ4n) is 3.94. The lowest BCUT2D eigenvalue weighted by molar-refractivity contribution is -0.133. The number of aromatic nitrogens is 2. The summed E-state index contributed by atoms with van der Waals surface area (Å²) < 4.78 is 7.02. The minimum Gasteiger partial charge on any atom is -0.469 e. The summed E-state index contributed by atoms with van der Waals surface area (Å²) >= 11 is 0. The first-order chi connectivity index (χ1) is 12.8. The lowest BCUT2D eigenvalue weighted by Crippen LogP contribution is -2.47. The van der Waals surface area contributed by atoms with E-state index in [1.54, 1.807) is 13.0 Å². The molecule has 7 nitrogen and oxygen atoms in total. The molecule has 1 aliphatic rings. The zero-order valence-corrected chi connectivity index (χ0v) is 16.7. The van der Waals surface area contributed by atoms with Crippen LogP contribution in [0, 0.1) is 20.8 Å². The molecule has 3 heterocycles. The Bertz CT molecular complexity index is 844. The molecule has 0 saturated carbocycles. The topological polar surface area (TPSA) is 80.4 Å². The average Bonchev–Trinajstić information content (AvgIpc) is 3.17. The lowest BCUT2D eigenvalue weighted by Gasteiger charge is -2.34. The molecule has 3 rings (SSSR count). The van der Waals surface area contributed by atoms with Gasteiger partial charge < -0.3 is 14.6 Å². The van der Waals surface area contributed by atoms with Crippen molar-refractivity contribution in [3.05, 3.63) is 40.6 Å². The Kier molecular flexibility index (Phi) is 5.39. The van der Waals surface area contributed by atoms with Crippen LogP contribution in [0.4, 0.5) is 0 Å². The Hall–Kier alpha value is -2.57. The molecule has 0 aliphatic carbocycles. The van der Waals surface area contributed by atoms with E-state index in [9.17, 15) is 9.59 Å². The van der Waals surface area contributed by atoms with Crippen molar-refractivity contribution in [3.8, 4) is 0 Å². The van der Waals surface area contributed by atoms with E-state index in [2.05, 4.69) is 10.4 Å². The smallest absolute Gasteiger partial charge is 0.255 e. The highest BCUT2D eigenvalue weighted by atomic mass is 16.3. The number of hydrogen-bond donors (Lipinski definition) is 1. The SMILES string of the molecule is Cc1nn(C)c(C)c1C(C)C(=O)N1CCC(NC(=O)c2ccoc2C)CC1. The third kappa shape index (κ3) is 3.77. The van der Waals surface area contributed by atoms with Crippen molar-refractivity contribution in [3.63, 3.8) is 0 Å². The summed E-state index contributed by atoms with van der Waals surface area (Å²) in [6.07, 6.45) is 3.04. The molecule has 0 radical (unpaired) electrons. The van der Waals surface area contributed by atoms with Gasteiger partial charge in [0, 0.05) is 37.4 Å². The van der Waals surface area contributed by atoms with Gasteiger partial charge in [0.05, 0.1) is 23.4 Å². The van der Waals surface area contributed by atoms with Gasteiger partial charge in [-0.2, -0.15) is 5.10 Å². The molecule has 0 bridgehead atoms. The summed E-state index contributed by atoms with van der Waals surface area (Å²) in [7, 11) is 1.90. The molecule has 146 valence electrons. The van der Waals surface area contributed by atoms with Gasteiger partial charge in [0.25, 0.3) is 5.91 Å². The van der Waals surface area contributed by atoms with E-state index in [4.69, 9.17) is 4.42 Å². The molecule has 2 amide bonds. The van der Waals surface area contributed by atoms with Crippen molar-refractivity contribution in [2.24, 2.45) is 7.05 Å². The van der Waals surface area contributed by atoms with E-state index in [0.717, 1.165) is 29.8 Å². The van der Waals surface area contributed by atoms with E-state index in [-0.39, 0.29) is 23.8 Å². The van der Waals surface area contributed by atoms with Crippen LogP contribution < -0.4 is 5.32 Å². The molecule has 1 N–H and O–H groups in total. The first-order valence-corrected chi connectivity index (χ1v) is 9.43. The van der Waals surface area contributed by atoms with Crippen LogP contribution in [0.25, 0.3) is 0 Å². The molecule has 7 heteroatoms. The van der Waals surface area contributed by atoms with Crippen LogP contribution in [0.1, 0.15) is 58.8 Å². The molecule has 2 aromatic rings. The van der Waals surface area contributed by atoms with E-state index in [0.29, 0.717) is 24.4 Å². The van der Waals surface area contributed by atoms with Crippen LogP contribution in [0.2, 0.25) is 0 Å². The molecule has 0 aromatic carbocycles. The van der Waals surface area contributed by atoms with Crippen LogP contribution in [0.15, 0.2) is 16.7 Å². The van der Waals surface area contributed by atoms with Crippen molar-refractivity contribution in [2.45, 2.75) is 52.5 Å². The standard InChI is InChI=1S/C20H28N4O3/c1-12(18-13(2)22-23(5)14(18)3)20(26)24-9-6-16(7-10-24)21-19(25)17-8-11-27-15(17)4/h8,11-12,16H,6-7,9-10H2,1-5H3,(H,21,25). The molecule has 1 fully saturated rings. The maximum atomic E-state index is 13.0. The molecule has 1 unspecified atom stereocenters. The van der Waals surface area contributed by atoms with Crippen LogP contribution in [-0.2, 0) is 11.8 Å². The summed E-state index contributed by atoms with van der Waals surface area (Å²) in [5.74, 6) is 0.431. The van der Waals surface area contributed by atoms with Gasteiger partial charge in [-0.25, -0.2) is 0 Å². The van der Waals surface area contributed by atoms with Gasteiger partial charge in [-0.05, 0) is 46.6 Å². The lowest BCUT2D eigenvalue weighted by atomic mass is 9.95. The zero-order valence-electron chi connectivity index (χ0n) is 16.7. The first kappa shape index (κ1) is 19.2. The average molecular weight is 372 g/mol. The minimum atomic E-state index is -0.210. The van der Waals surface area contributed by atoms with Gasteiger partial charge >= 0.3 is 0 Å². The molecule has 1 aliphatic heterocycles. The molecule has 1 saturated heterocycles. The molecular weight excluding hydrogens is 344 g/mol. The van der Waals surface area contributed by atoms with E-state index in [1.165, 1.54) is 6.26 Å². The first-order valence-electron chi connectivity index (χ1n) is 9.43. The van der Waals surface area contributed by atoms with Crippen LogP contribution >= 0.6 is 0 Å².